The van der Waals surface area contributed by atoms with E-state index in [9.17, 15) is 22.8 Å². The van der Waals surface area contributed by atoms with Gasteiger partial charge in [-0.25, -0.2) is 9.78 Å². The van der Waals surface area contributed by atoms with Gasteiger partial charge in [0.15, 0.2) is 0 Å². The van der Waals surface area contributed by atoms with Gasteiger partial charge in [-0.15, -0.1) is 0 Å². The van der Waals surface area contributed by atoms with Crippen LogP contribution in [0.15, 0.2) is 89.7 Å². The Morgan fingerprint density at radius 2 is 1.50 bits per heavy atom. The van der Waals surface area contributed by atoms with Gasteiger partial charge in [-0.2, -0.15) is 13.2 Å². The van der Waals surface area contributed by atoms with Crippen LogP contribution >= 0.6 is 0 Å². The van der Waals surface area contributed by atoms with Gasteiger partial charge < -0.3 is 15.4 Å². The summed E-state index contributed by atoms with van der Waals surface area (Å²) in [5.74, 6) is -0.0188. The van der Waals surface area contributed by atoms with E-state index in [1.165, 1.54) is 9.47 Å². The van der Waals surface area contributed by atoms with E-state index in [1.807, 2.05) is 60.7 Å². The maximum Gasteiger partial charge on any atom is 0.416 e. The predicted octanol–water partition coefficient (Wildman–Crippen LogP) is 5.04. The summed E-state index contributed by atoms with van der Waals surface area (Å²) in [5.41, 5.74) is 7.76. The summed E-state index contributed by atoms with van der Waals surface area (Å²) in [6.45, 7) is 0.158. The zero-order valence-electron chi connectivity index (χ0n) is 20.1. The molecule has 0 fully saturated rings. The lowest BCUT2D eigenvalue weighted by Crippen LogP contribution is -2.43. The van der Waals surface area contributed by atoms with Crippen LogP contribution in [-0.4, -0.2) is 27.1 Å². The van der Waals surface area contributed by atoms with Crippen molar-refractivity contribution in [3.63, 3.8) is 0 Å². The highest BCUT2D eigenvalue weighted by Crippen LogP contribution is 2.31. The van der Waals surface area contributed by atoms with E-state index in [2.05, 4.69) is 4.98 Å². The number of hydrogen-bond acceptors (Lipinski definition) is 5. The van der Waals surface area contributed by atoms with Gasteiger partial charge in [0.05, 0.1) is 23.8 Å². The third kappa shape index (κ3) is 4.97. The van der Waals surface area contributed by atoms with Crippen molar-refractivity contribution in [2.75, 3.05) is 12.3 Å². The van der Waals surface area contributed by atoms with Crippen molar-refractivity contribution in [2.45, 2.75) is 25.2 Å². The smallest absolute Gasteiger partial charge is 0.410 e. The molecule has 0 unspecified atom stereocenters. The first-order valence-corrected chi connectivity index (χ1v) is 11.9. The first kappa shape index (κ1) is 25.1. The second-order valence-corrected chi connectivity index (χ2v) is 8.86. The molecule has 0 aliphatic carbocycles. The van der Waals surface area contributed by atoms with Gasteiger partial charge in [-0.05, 0) is 41.8 Å². The SMILES string of the molecule is Nc1nc2c(c(=O)n1C(c1ccccc1)c1ccccc1)CCN(C(=O)Oc1ccc(C(F)(F)F)cc1)C2. The van der Waals surface area contributed by atoms with Crippen LogP contribution in [-0.2, 0) is 19.1 Å². The minimum Gasteiger partial charge on any atom is -0.410 e. The Balaban J connectivity index is 1.42. The fourth-order valence-electron chi connectivity index (χ4n) is 4.57. The van der Waals surface area contributed by atoms with E-state index in [0.717, 1.165) is 35.4 Å². The van der Waals surface area contributed by atoms with E-state index in [0.29, 0.717) is 11.3 Å². The van der Waals surface area contributed by atoms with Crippen LogP contribution in [0.25, 0.3) is 0 Å². The van der Waals surface area contributed by atoms with E-state index in [-0.39, 0.29) is 36.8 Å². The quantitative estimate of drug-likeness (QED) is 0.407. The molecule has 5 rings (SSSR count). The highest BCUT2D eigenvalue weighted by molar-refractivity contribution is 5.71. The molecule has 38 heavy (non-hydrogen) atoms. The van der Waals surface area contributed by atoms with Gasteiger partial charge in [0.1, 0.15) is 5.75 Å². The van der Waals surface area contributed by atoms with E-state index in [4.69, 9.17) is 10.5 Å². The van der Waals surface area contributed by atoms with Crippen LogP contribution in [0, 0.1) is 0 Å². The van der Waals surface area contributed by atoms with Gasteiger partial charge in [0, 0.05) is 12.1 Å². The highest BCUT2D eigenvalue weighted by atomic mass is 19.4. The third-order valence-electron chi connectivity index (χ3n) is 6.43. The molecule has 194 valence electrons. The zero-order chi connectivity index (χ0) is 26.9. The molecule has 2 heterocycles. The van der Waals surface area contributed by atoms with Gasteiger partial charge >= 0.3 is 12.3 Å². The van der Waals surface area contributed by atoms with Crippen LogP contribution in [0.1, 0.15) is 34.0 Å². The molecule has 4 aromatic rings. The van der Waals surface area contributed by atoms with Gasteiger partial charge in [-0.1, -0.05) is 60.7 Å². The highest BCUT2D eigenvalue weighted by Gasteiger charge is 2.31. The van der Waals surface area contributed by atoms with Crippen LogP contribution in [0.2, 0.25) is 0 Å². The number of nitrogens with zero attached hydrogens (tertiary/aromatic N) is 3. The third-order valence-corrected chi connectivity index (χ3v) is 6.43. The first-order chi connectivity index (χ1) is 18.2. The molecular formula is C28H23F3N4O3. The predicted molar refractivity (Wildman–Crippen MR) is 135 cm³/mol. The van der Waals surface area contributed by atoms with E-state index < -0.39 is 23.9 Å². The minimum absolute atomic E-state index is 0.00409. The molecule has 0 bridgehead atoms. The molecule has 0 atom stereocenters. The van der Waals surface area contributed by atoms with Crippen molar-refractivity contribution in [3.8, 4) is 5.75 Å². The van der Waals surface area contributed by atoms with Crippen molar-refractivity contribution in [1.29, 1.82) is 0 Å². The Kier molecular flexibility index (Phi) is 6.62. The van der Waals surface area contributed by atoms with Crippen molar-refractivity contribution in [2.24, 2.45) is 0 Å². The lowest BCUT2D eigenvalue weighted by Gasteiger charge is -2.29. The number of aromatic nitrogens is 2. The Bertz CT molecular complexity index is 1470. The molecule has 0 spiro atoms. The molecule has 0 radical (unpaired) electrons. The normalized spacial score (nSPS) is 13.3. The number of carbonyl (C=O) groups excluding carboxylic acids is 1. The summed E-state index contributed by atoms with van der Waals surface area (Å²) in [7, 11) is 0. The summed E-state index contributed by atoms with van der Waals surface area (Å²) in [6.07, 6.45) is -5.02. The van der Waals surface area contributed by atoms with Crippen molar-refractivity contribution in [1.82, 2.24) is 14.5 Å². The van der Waals surface area contributed by atoms with Crippen LogP contribution in [0.4, 0.5) is 23.9 Å². The molecule has 1 aliphatic rings. The van der Waals surface area contributed by atoms with Crippen molar-refractivity contribution < 1.29 is 22.7 Å². The molecule has 0 saturated carbocycles. The number of rotatable bonds is 4. The lowest BCUT2D eigenvalue weighted by atomic mass is 9.97. The Hall–Kier alpha value is -4.60. The number of amides is 1. The van der Waals surface area contributed by atoms with Crippen molar-refractivity contribution >= 4 is 12.0 Å². The molecule has 10 heteroatoms. The largest absolute Gasteiger partial charge is 0.416 e. The number of anilines is 1. The Morgan fingerprint density at radius 1 is 0.921 bits per heavy atom. The number of fused-ring (bicyclic) bond motifs is 1. The second kappa shape index (κ2) is 10.0. The number of nitrogen functional groups attached to an aromatic ring is 1. The number of hydrogen-bond donors (Lipinski definition) is 1. The Labute approximate surface area is 215 Å². The molecule has 2 N–H and O–H groups in total. The van der Waals surface area contributed by atoms with Gasteiger partial charge in [-0.3, -0.25) is 9.36 Å². The van der Waals surface area contributed by atoms with Gasteiger partial charge in [0.25, 0.3) is 5.56 Å². The molecule has 1 aromatic heterocycles. The summed E-state index contributed by atoms with van der Waals surface area (Å²) in [5, 5.41) is 0. The molecule has 1 amide bonds. The minimum atomic E-state index is -4.49. The van der Waals surface area contributed by atoms with Gasteiger partial charge in [0.2, 0.25) is 5.95 Å². The Morgan fingerprint density at radius 3 is 2.05 bits per heavy atom. The van der Waals surface area contributed by atoms with E-state index in [1.54, 1.807) is 0 Å². The number of ether oxygens (including phenoxy) is 1. The van der Waals surface area contributed by atoms with E-state index >= 15 is 0 Å². The summed E-state index contributed by atoms with van der Waals surface area (Å²) >= 11 is 0. The molecule has 3 aromatic carbocycles. The molecule has 1 aliphatic heterocycles. The average Bonchev–Trinajstić information content (AvgIpc) is 2.91. The van der Waals surface area contributed by atoms with Crippen LogP contribution in [0.3, 0.4) is 0 Å². The number of nitrogens with two attached hydrogens (primary N) is 1. The maximum atomic E-state index is 13.7. The second-order valence-electron chi connectivity index (χ2n) is 8.86. The fraction of sp³-hybridized carbons (Fsp3) is 0.179. The van der Waals surface area contributed by atoms with Crippen LogP contribution in [0.5, 0.6) is 5.75 Å². The first-order valence-electron chi connectivity index (χ1n) is 11.9. The summed E-state index contributed by atoms with van der Waals surface area (Å²) in [4.78, 5) is 32.3. The fourth-order valence-corrected chi connectivity index (χ4v) is 4.57. The summed E-state index contributed by atoms with van der Waals surface area (Å²) in [6, 6.07) is 22.4. The summed E-state index contributed by atoms with van der Waals surface area (Å²) < 4.78 is 45.1. The maximum absolute atomic E-state index is 13.7. The molecule has 0 saturated heterocycles. The van der Waals surface area contributed by atoms with Crippen molar-refractivity contribution in [3.05, 3.63) is 123 Å². The number of benzene rings is 3. The lowest BCUT2D eigenvalue weighted by molar-refractivity contribution is -0.137. The number of alkyl halides is 3. The number of halogens is 3. The van der Waals surface area contributed by atoms with Crippen LogP contribution < -0.4 is 16.0 Å². The molecule has 7 nitrogen and oxygen atoms in total. The number of carbonyl (C=O) groups is 1. The topological polar surface area (TPSA) is 90.5 Å². The average molecular weight is 521 g/mol. The standard InChI is InChI=1S/C28H23F3N4O3/c29-28(30,31)20-11-13-21(14-12-20)38-27(37)34-16-15-22-23(17-34)33-26(32)35(25(22)36)24(18-7-3-1-4-8-18)19-9-5-2-6-10-19/h1-14,24H,15-17H2,(H2,32,33). The monoisotopic (exact) mass is 520 g/mol. The molecular weight excluding hydrogens is 497 g/mol. The zero-order valence-corrected chi connectivity index (χ0v) is 20.1.